The lowest BCUT2D eigenvalue weighted by molar-refractivity contribution is -0.141. The number of amides is 3. The topological polar surface area (TPSA) is 102 Å². The van der Waals surface area contributed by atoms with Gasteiger partial charge in [-0.3, -0.25) is 14.4 Å². The quantitative estimate of drug-likeness (QED) is 0.360. The second-order valence-corrected chi connectivity index (χ2v) is 13.4. The number of fused-ring (bicyclic) bond motifs is 1. The molecule has 220 valence electrons. The van der Waals surface area contributed by atoms with Gasteiger partial charge in [0.25, 0.3) is 0 Å². The van der Waals surface area contributed by atoms with Gasteiger partial charge in [-0.15, -0.1) is 11.8 Å². The molecule has 0 radical (unpaired) electrons. The van der Waals surface area contributed by atoms with Gasteiger partial charge in [-0.05, 0) is 75.4 Å². The fraction of sp³-hybridized carbons (Fsp3) is 0.531. The van der Waals surface area contributed by atoms with Crippen LogP contribution >= 0.6 is 11.8 Å². The molecule has 0 aromatic heterocycles. The van der Waals surface area contributed by atoms with E-state index in [4.69, 9.17) is 0 Å². The Balaban J connectivity index is 1.47. The van der Waals surface area contributed by atoms with Crippen molar-refractivity contribution in [2.45, 2.75) is 69.0 Å². The lowest BCUT2D eigenvalue weighted by Gasteiger charge is -2.37. The lowest BCUT2D eigenvalue weighted by Crippen LogP contribution is -2.55. The van der Waals surface area contributed by atoms with Gasteiger partial charge in [-0.25, -0.2) is 0 Å². The van der Waals surface area contributed by atoms with E-state index in [-0.39, 0.29) is 35.5 Å². The minimum Gasteiger partial charge on any atom is -0.394 e. The van der Waals surface area contributed by atoms with Gasteiger partial charge in [-0.1, -0.05) is 32.0 Å². The highest BCUT2D eigenvalue weighted by Gasteiger charge is 2.74. The summed E-state index contributed by atoms with van der Waals surface area (Å²) in [4.78, 5) is 46.0. The fourth-order valence-corrected chi connectivity index (χ4v) is 9.41. The van der Waals surface area contributed by atoms with Crippen molar-refractivity contribution in [2.75, 3.05) is 35.2 Å². The van der Waals surface area contributed by atoms with Crippen molar-refractivity contribution >= 4 is 46.5 Å². The Morgan fingerprint density at radius 2 is 1.66 bits per heavy atom. The van der Waals surface area contributed by atoms with Gasteiger partial charge in [0.15, 0.2) is 0 Å². The molecule has 3 heterocycles. The first-order valence-corrected chi connectivity index (χ1v) is 15.7. The maximum atomic E-state index is 14.3. The van der Waals surface area contributed by atoms with Crippen molar-refractivity contribution in [3.63, 3.8) is 0 Å². The molecule has 3 fully saturated rings. The predicted molar refractivity (Wildman–Crippen MR) is 165 cm³/mol. The molecule has 3 N–H and O–H groups in total. The summed E-state index contributed by atoms with van der Waals surface area (Å²) in [6.45, 7) is 9.86. The minimum absolute atomic E-state index is 0.0314. The summed E-state index contributed by atoms with van der Waals surface area (Å²) in [6, 6.07) is 15.8. The third kappa shape index (κ3) is 5.34. The molecule has 6 atom stereocenters. The van der Waals surface area contributed by atoms with Crippen LogP contribution in [0.25, 0.3) is 0 Å². The molecule has 0 saturated carbocycles. The van der Waals surface area contributed by atoms with Crippen molar-refractivity contribution in [3.8, 4) is 0 Å². The van der Waals surface area contributed by atoms with Crippen LogP contribution in [0, 0.1) is 17.8 Å². The van der Waals surface area contributed by atoms with Crippen LogP contribution in [0.5, 0.6) is 0 Å². The van der Waals surface area contributed by atoms with Crippen LogP contribution in [0.1, 0.15) is 47.0 Å². The Kier molecular flexibility index (Phi) is 8.66. The number of anilines is 3. The maximum absolute atomic E-state index is 14.3. The van der Waals surface area contributed by atoms with Crippen LogP contribution in [0.4, 0.5) is 17.1 Å². The molecule has 3 aliphatic rings. The van der Waals surface area contributed by atoms with E-state index in [0.29, 0.717) is 24.2 Å². The molecular weight excluding hydrogens is 536 g/mol. The van der Waals surface area contributed by atoms with E-state index in [1.165, 1.54) is 0 Å². The molecule has 5 rings (SSSR count). The molecule has 2 bridgehead atoms. The van der Waals surface area contributed by atoms with Gasteiger partial charge < -0.3 is 25.5 Å². The highest BCUT2D eigenvalue weighted by Crippen LogP contribution is 2.66. The van der Waals surface area contributed by atoms with Crippen LogP contribution in [0.3, 0.4) is 0 Å². The number of nitrogens with one attached hydrogen (secondary N) is 2. The molecule has 3 saturated heterocycles. The van der Waals surface area contributed by atoms with Gasteiger partial charge in [0.1, 0.15) is 6.04 Å². The zero-order valence-electron chi connectivity index (χ0n) is 24.4. The van der Waals surface area contributed by atoms with Gasteiger partial charge in [0.05, 0.1) is 29.2 Å². The van der Waals surface area contributed by atoms with E-state index >= 15 is 0 Å². The molecule has 8 nitrogen and oxygen atoms in total. The van der Waals surface area contributed by atoms with Gasteiger partial charge >= 0.3 is 0 Å². The number of thioether (sulfide) groups is 1. The van der Waals surface area contributed by atoms with Crippen LogP contribution in [0.2, 0.25) is 0 Å². The molecule has 2 unspecified atom stereocenters. The zero-order chi connectivity index (χ0) is 29.3. The Hall–Kier alpha value is -3.04. The first-order valence-electron chi connectivity index (χ1n) is 14.9. The van der Waals surface area contributed by atoms with Crippen molar-refractivity contribution in [1.29, 1.82) is 0 Å². The normalized spacial score (nSPS) is 27.2. The molecule has 1 spiro atoms. The average Bonchev–Trinajstić information content (AvgIpc) is 3.61. The number of carbonyl (C=O) groups excluding carboxylic acids is 3. The third-order valence-corrected chi connectivity index (χ3v) is 10.9. The highest BCUT2D eigenvalue weighted by molar-refractivity contribution is 8.02. The lowest BCUT2D eigenvalue weighted by atomic mass is 9.70. The van der Waals surface area contributed by atoms with E-state index in [9.17, 15) is 19.5 Å². The van der Waals surface area contributed by atoms with Crippen LogP contribution in [-0.4, -0.2) is 69.5 Å². The Morgan fingerprint density at radius 3 is 2.27 bits per heavy atom. The van der Waals surface area contributed by atoms with E-state index in [1.807, 2.05) is 68.4 Å². The minimum atomic E-state index is -0.775. The highest BCUT2D eigenvalue weighted by atomic mass is 32.2. The molecule has 2 aromatic rings. The third-order valence-electron chi connectivity index (χ3n) is 8.94. The Bertz CT molecular complexity index is 1250. The molecule has 0 aliphatic carbocycles. The van der Waals surface area contributed by atoms with Crippen LogP contribution < -0.4 is 15.5 Å². The number of benzene rings is 2. The smallest absolute Gasteiger partial charge is 0.248 e. The fourth-order valence-electron chi connectivity index (χ4n) is 7.21. The number of likely N-dealkylation sites (tertiary alicyclic amines) is 1. The van der Waals surface area contributed by atoms with E-state index in [1.54, 1.807) is 16.7 Å². The summed E-state index contributed by atoms with van der Waals surface area (Å²) in [5, 5.41) is 16.5. The number of hydrogen-bond donors (Lipinski definition) is 3. The molecule has 3 amide bonds. The van der Waals surface area contributed by atoms with Crippen molar-refractivity contribution in [2.24, 2.45) is 17.8 Å². The van der Waals surface area contributed by atoms with Crippen LogP contribution in [-0.2, 0) is 14.4 Å². The number of rotatable bonds is 11. The Labute approximate surface area is 247 Å². The number of carbonyl (C=O) groups is 3. The molecule has 41 heavy (non-hydrogen) atoms. The van der Waals surface area contributed by atoms with E-state index in [0.717, 1.165) is 25.2 Å². The van der Waals surface area contributed by atoms with E-state index in [2.05, 4.69) is 29.4 Å². The van der Waals surface area contributed by atoms with Crippen molar-refractivity contribution in [3.05, 3.63) is 54.6 Å². The molecular formula is C32H42N4O4S. The SMILES string of the molecule is CCN(CC)c1ccc(NC(=O)C2N([C@@H](CO)CC(C)C)C(=O)[C@@H]3[C@H](C(=O)Nc4ccccc4)[C@@H]4CCC23S4)cc1. The first-order chi connectivity index (χ1) is 19.7. The van der Waals surface area contributed by atoms with Gasteiger partial charge in [0.2, 0.25) is 17.7 Å². The zero-order valence-corrected chi connectivity index (χ0v) is 25.2. The second-order valence-electron chi connectivity index (χ2n) is 11.8. The number of hydrogen-bond acceptors (Lipinski definition) is 6. The second kappa shape index (κ2) is 12.1. The number of nitrogens with zero attached hydrogens (tertiary/aromatic N) is 2. The first kappa shape index (κ1) is 29.5. The predicted octanol–water partition coefficient (Wildman–Crippen LogP) is 4.61. The number of aliphatic hydroxyl groups is 1. The monoisotopic (exact) mass is 578 g/mol. The standard InChI is InChI=1S/C32H42N4O4S/c1-5-35(6-2)23-14-12-22(13-15-23)34-30(39)28-32-17-16-25(41-32)26(29(38)33-21-10-8-7-9-11-21)27(32)31(40)36(28)24(19-37)18-20(3)4/h7-15,20,24-28,37H,5-6,16-19H2,1-4H3,(H,33,38)(H,34,39)/t24-,25+,26-,27+,28?,32?/m1/s1. The average molecular weight is 579 g/mol. The summed E-state index contributed by atoms with van der Waals surface area (Å²) < 4.78 is -0.712. The van der Waals surface area contributed by atoms with Crippen molar-refractivity contribution < 1.29 is 19.5 Å². The molecule has 2 aromatic carbocycles. The van der Waals surface area contributed by atoms with Gasteiger partial charge in [-0.2, -0.15) is 0 Å². The van der Waals surface area contributed by atoms with Crippen LogP contribution in [0.15, 0.2) is 54.6 Å². The molecule has 9 heteroatoms. The summed E-state index contributed by atoms with van der Waals surface area (Å²) >= 11 is 1.64. The largest absolute Gasteiger partial charge is 0.394 e. The van der Waals surface area contributed by atoms with Gasteiger partial charge in [0, 0.05) is 35.4 Å². The Morgan fingerprint density at radius 1 is 1.02 bits per heavy atom. The summed E-state index contributed by atoms with van der Waals surface area (Å²) in [6.07, 6.45) is 2.02. The number of aliphatic hydroxyl groups excluding tert-OH is 1. The maximum Gasteiger partial charge on any atom is 0.248 e. The number of para-hydroxylation sites is 1. The summed E-state index contributed by atoms with van der Waals surface area (Å²) in [7, 11) is 0. The molecule has 3 aliphatic heterocycles. The summed E-state index contributed by atoms with van der Waals surface area (Å²) in [5.41, 5.74) is 2.44. The summed E-state index contributed by atoms with van der Waals surface area (Å²) in [5.74, 6) is -1.55. The van der Waals surface area contributed by atoms with Crippen molar-refractivity contribution in [1.82, 2.24) is 4.90 Å². The van der Waals surface area contributed by atoms with E-state index < -0.39 is 28.7 Å².